The van der Waals surface area contributed by atoms with Crippen molar-refractivity contribution < 1.29 is 13.2 Å². The molecular weight excluding hydrogens is 286 g/mol. The van der Waals surface area contributed by atoms with Crippen LogP contribution in [0.3, 0.4) is 0 Å². The highest BCUT2D eigenvalue weighted by atomic mass is 32.2. The summed E-state index contributed by atoms with van der Waals surface area (Å²) in [5.74, 6) is 0.308. The number of benzene rings is 1. The maximum atomic E-state index is 12.3. The van der Waals surface area contributed by atoms with Gasteiger partial charge in [-0.05, 0) is 37.9 Å². The fourth-order valence-electron chi connectivity index (χ4n) is 2.40. The maximum Gasteiger partial charge on any atom is 0.152 e. The summed E-state index contributed by atoms with van der Waals surface area (Å²) < 4.78 is 29.5. The Balaban J connectivity index is 2.89. The van der Waals surface area contributed by atoms with E-state index in [-0.39, 0.29) is 17.5 Å². The minimum Gasteiger partial charge on any atom is -0.385 e. The second-order valence-corrected chi connectivity index (χ2v) is 7.66. The van der Waals surface area contributed by atoms with Crippen molar-refractivity contribution in [3.63, 3.8) is 0 Å². The number of ether oxygens (including phenoxy) is 1. The van der Waals surface area contributed by atoms with Crippen LogP contribution in [0.25, 0.3) is 0 Å². The molecule has 0 bridgehead atoms. The summed E-state index contributed by atoms with van der Waals surface area (Å²) >= 11 is 0. The SMILES string of the molecule is CCNC(CS(=O)(=O)CCCOC)c1cc(C)ccc1C. The number of sulfone groups is 1. The fraction of sp³-hybridized carbons (Fsp3) is 0.625. The first-order valence-electron chi connectivity index (χ1n) is 7.39. The van der Waals surface area contributed by atoms with Crippen molar-refractivity contribution in [2.24, 2.45) is 0 Å². The molecule has 1 aromatic rings. The van der Waals surface area contributed by atoms with Crippen LogP contribution in [-0.2, 0) is 14.6 Å². The molecule has 1 aromatic carbocycles. The Morgan fingerprint density at radius 2 is 2.00 bits per heavy atom. The Kier molecular flexibility index (Phi) is 7.35. The van der Waals surface area contributed by atoms with Gasteiger partial charge in [-0.15, -0.1) is 0 Å². The first-order valence-corrected chi connectivity index (χ1v) is 9.21. The lowest BCUT2D eigenvalue weighted by Crippen LogP contribution is -2.30. The van der Waals surface area contributed by atoms with Crippen LogP contribution in [-0.4, -0.2) is 40.2 Å². The van der Waals surface area contributed by atoms with E-state index in [2.05, 4.69) is 17.4 Å². The lowest BCUT2D eigenvalue weighted by molar-refractivity contribution is 0.199. The number of methoxy groups -OCH3 is 1. The van der Waals surface area contributed by atoms with E-state index in [1.807, 2.05) is 26.8 Å². The van der Waals surface area contributed by atoms with Gasteiger partial charge in [0.2, 0.25) is 0 Å². The standard InChI is InChI=1S/C16H27NO3S/c1-5-17-16(12-21(18,19)10-6-9-20-4)15-11-13(2)7-8-14(15)3/h7-8,11,16-17H,5-6,9-10,12H2,1-4H3. The van der Waals surface area contributed by atoms with Gasteiger partial charge in [-0.3, -0.25) is 0 Å². The molecule has 0 fully saturated rings. The molecule has 0 radical (unpaired) electrons. The van der Waals surface area contributed by atoms with Gasteiger partial charge < -0.3 is 10.1 Å². The van der Waals surface area contributed by atoms with Gasteiger partial charge in [0.05, 0.1) is 11.5 Å². The average Bonchev–Trinajstić information content (AvgIpc) is 2.41. The summed E-state index contributed by atoms with van der Waals surface area (Å²) in [7, 11) is -1.51. The van der Waals surface area contributed by atoms with Crippen molar-refractivity contribution in [1.82, 2.24) is 5.32 Å². The molecular formula is C16H27NO3S. The first-order chi connectivity index (χ1) is 9.89. The molecule has 0 aromatic heterocycles. The van der Waals surface area contributed by atoms with Gasteiger partial charge in [0.1, 0.15) is 0 Å². The average molecular weight is 313 g/mol. The van der Waals surface area contributed by atoms with Crippen molar-refractivity contribution in [3.05, 3.63) is 34.9 Å². The van der Waals surface area contributed by atoms with Gasteiger partial charge in [-0.1, -0.05) is 30.7 Å². The van der Waals surface area contributed by atoms with Gasteiger partial charge in [0, 0.05) is 19.8 Å². The zero-order valence-electron chi connectivity index (χ0n) is 13.5. The van der Waals surface area contributed by atoms with Crippen molar-refractivity contribution in [3.8, 4) is 0 Å². The molecule has 0 aliphatic carbocycles. The van der Waals surface area contributed by atoms with Crippen molar-refractivity contribution in [2.75, 3.05) is 31.8 Å². The summed E-state index contributed by atoms with van der Waals surface area (Å²) in [6, 6.07) is 6.02. The molecule has 0 saturated heterocycles. The molecule has 4 nitrogen and oxygen atoms in total. The molecule has 1 rings (SSSR count). The van der Waals surface area contributed by atoms with Crippen LogP contribution in [0.5, 0.6) is 0 Å². The summed E-state index contributed by atoms with van der Waals surface area (Å²) in [5, 5.41) is 3.30. The van der Waals surface area contributed by atoms with Crippen LogP contribution in [0, 0.1) is 13.8 Å². The minimum absolute atomic E-state index is 0.134. The Morgan fingerprint density at radius 3 is 2.62 bits per heavy atom. The molecule has 0 heterocycles. The third kappa shape index (κ3) is 6.16. The van der Waals surface area contributed by atoms with Crippen molar-refractivity contribution in [1.29, 1.82) is 0 Å². The van der Waals surface area contributed by atoms with E-state index < -0.39 is 9.84 Å². The molecule has 5 heteroatoms. The van der Waals surface area contributed by atoms with Gasteiger partial charge in [-0.25, -0.2) is 8.42 Å². The largest absolute Gasteiger partial charge is 0.385 e. The third-order valence-electron chi connectivity index (χ3n) is 3.49. The summed E-state index contributed by atoms with van der Waals surface area (Å²) in [5.41, 5.74) is 3.35. The molecule has 1 N–H and O–H groups in total. The predicted octanol–water partition coefficient (Wildman–Crippen LogP) is 2.41. The topological polar surface area (TPSA) is 55.4 Å². The number of hydrogen-bond acceptors (Lipinski definition) is 4. The Bertz CT molecular complexity index is 540. The predicted molar refractivity (Wildman–Crippen MR) is 87.5 cm³/mol. The van der Waals surface area contributed by atoms with E-state index in [1.54, 1.807) is 7.11 Å². The molecule has 1 atom stereocenters. The van der Waals surface area contributed by atoms with Crippen molar-refractivity contribution >= 4 is 9.84 Å². The molecule has 1 unspecified atom stereocenters. The van der Waals surface area contributed by atoms with E-state index in [9.17, 15) is 8.42 Å². The zero-order chi connectivity index (χ0) is 15.9. The lowest BCUT2D eigenvalue weighted by atomic mass is 10.00. The number of nitrogens with one attached hydrogen (secondary N) is 1. The fourth-order valence-corrected chi connectivity index (χ4v) is 3.93. The van der Waals surface area contributed by atoms with E-state index in [0.29, 0.717) is 13.0 Å². The third-order valence-corrected chi connectivity index (χ3v) is 5.24. The van der Waals surface area contributed by atoms with Gasteiger partial charge >= 0.3 is 0 Å². The quantitative estimate of drug-likeness (QED) is 0.711. The first kappa shape index (κ1) is 18.1. The summed E-state index contributed by atoms with van der Waals surface area (Å²) in [6.07, 6.45) is 0.546. The molecule has 120 valence electrons. The minimum atomic E-state index is -3.10. The maximum absolute atomic E-state index is 12.3. The number of hydrogen-bond donors (Lipinski definition) is 1. The van der Waals surface area contributed by atoms with Gasteiger partial charge in [0.15, 0.2) is 9.84 Å². The monoisotopic (exact) mass is 313 g/mol. The van der Waals surface area contributed by atoms with E-state index in [0.717, 1.165) is 23.2 Å². The van der Waals surface area contributed by atoms with Crippen LogP contribution in [0.4, 0.5) is 0 Å². The van der Waals surface area contributed by atoms with E-state index >= 15 is 0 Å². The molecule has 0 spiro atoms. The van der Waals surface area contributed by atoms with Crippen LogP contribution in [0.15, 0.2) is 18.2 Å². The normalized spacial score (nSPS) is 13.3. The molecule has 0 aliphatic heterocycles. The zero-order valence-corrected chi connectivity index (χ0v) is 14.3. The number of rotatable bonds is 9. The second-order valence-electron chi connectivity index (χ2n) is 5.43. The summed E-state index contributed by atoms with van der Waals surface area (Å²) in [6.45, 7) is 7.27. The smallest absolute Gasteiger partial charge is 0.152 e. The molecule has 0 amide bonds. The van der Waals surface area contributed by atoms with E-state index in [4.69, 9.17) is 4.74 Å². The van der Waals surface area contributed by atoms with Crippen molar-refractivity contribution in [2.45, 2.75) is 33.2 Å². The van der Waals surface area contributed by atoms with Crippen LogP contribution < -0.4 is 5.32 Å². The van der Waals surface area contributed by atoms with Crippen LogP contribution in [0.1, 0.15) is 36.1 Å². The van der Waals surface area contributed by atoms with Crippen LogP contribution in [0.2, 0.25) is 0 Å². The number of aryl methyl sites for hydroxylation is 2. The lowest BCUT2D eigenvalue weighted by Gasteiger charge is -2.21. The Hall–Kier alpha value is -0.910. The van der Waals surface area contributed by atoms with Crippen LogP contribution >= 0.6 is 0 Å². The highest BCUT2D eigenvalue weighted by molar-refractivity contribution is 7.91. The highest BCUT2D eigenvalue weighted by Crippen LogP contribution is 2.21. The highest BCUT2D eigenvalue weighted by Gasteiger charge is 2.21. The molecule has 0 saturated carbocycles. The molecule has 21 heavy (non-hydrogen) atoms. The Labute approximate surface area is 128 Å². The summed E-state index contributed by atoms with van der Waals surface area (Å²) in [4.78, 5) is 0. The Morgan fingerprint density at radius 1 is 1.29 bits per heavy atom. The molecule has 0 aliphatic rings. The van der Waals surface area contributed by atoms with E-state index in [1.165, 1.54) is 0 Å². The van der Waals surface area contributed by atoms with Gasteiger partial charge in [-0.2, -0.15) is 0 Å². The van der Waals surface area contributed by atoms with Gasteiger partial charge in [0.25, 0.3) is 0 Å². The second kappa shape index (κ2) is 8.51.